The van der Waals surface area contributed by atoms with E-state index in [0.29, 0.717) is 0 Å². The summed E-state index contributed by atoms with van der Waals surface area (Å²) in [5.74, 6) is 0.254. The number of phenols is 1. The summed E-state index contributed by atoms with van der Waals surface area (Å²) in [6.07, 6.45) is 2.02. The molecule has 0 aliphatic heterocycles. The maximum absolute atomic E-state index is 9.36. The maximum atomic E-state index is 9.36. The van der Waals surface area contributed by atoms with E-state index in [1.54, 1.807) is 12.1 Å². The molecular weight excluding hydrogens is 349 g/mol. The Morgan fingerprint density at radius 1 is 1.21 bits per heavy atom. The molecule has 0 aliphatic rings. The zero-order valence-corrected chi connectivity index (χ0v) is 12.8. The van der Waals surface area contributed by atoms with Gasteiger partial charge < -0.3 is 5.11 Å². The standard InChI is InChI=1S/C16H14INO/c1-2-3-11-8-13(10-18)16(17)15(9-11)12-4-6-14(19)7-5-12/h4-9,19H,2-3H2,1H3. The molecule has 3 heteroatoms. The monoisotopic (exact) mass is 363 g/mol. The number of nitriles is 1. The van der Waals surface area contributed by atoms with Gasteiger partial charge in [0.15, 0.2) is 0 Å². The van der Waals surface area contributed by atoms with Crippen LogP contribution in [0.2, 0.25) is 0 Å². The number of aromatic hydroxyl groups is 1. The topological polar surface area (TPSA) is 44.0 Å². The molecule has 0 radical (unpaired) electrons. The number of hydrogen-bond donors (Lipinski definition) is 1. The minimum absolute atomic E-state index is 0.254. The van der Waals surface area contributed by atoms with Gasteiger partial charge in [-0.05, 0) is 63.9 Å². The van der Waals surface area contributed by atoms with E-state index in [0.717, 1.165) is 33.1 Å². The Kier molecular flexibility index (Phi) is 4.43. The lowest BCUT2D eigenvalue weighted by Gasteiger charge is -2.10. The predicted octanol–water partition coefficient (Wildman–Crippen LogP) is 4.49. The Balaban J connectivity index is 2.58. The molecule has 0 unspecified atom stereocenters. The van der Waals surface area contributed by atoms with Crippen LogP contribution in [0.15, 0.2) is 36.4 Å². The number of hydrogen-bond acceptors (Lipinski definition) is 2. The average molecular weight is 363 g/mol. The SMILES string of the molecule is CCCc1cc(C#N)c(I)c(-c2ccc(O)cc2)c1. The third-order valence-corrected chi connectivity index (χ3v) is 4.13. The second-order valence-corrected chi connectivity index (χ2v) is 5.49. The van der Waals surface area contributed by atoms with Crippen LogP contribution in [0.4, 0.5) is 0 Å². The molecule has 96 valence electrons. The molecule has 0 bridgehead atoms. The first kappa shape index (κ1) is 13.9. The highest BCUT2D eigenvalue weighted by Crippen LogP contribution is 2.30. The Morgan fingerprint density at radius 2 is 1.89 bits per heavy atom. The Morgan fingerprint density at radius 3 is 2.47 bits per heavy atom. The van der Waals surface area contributed by atoms with Crippen LogP contribution in [-0.4, -0.2) is 5.11 Å². The van der Waals surface area contributed by atoms with E-state index < -0.39 is 0 Å². The highest BCUT2D eigenvalue weighted by Gasteiger charge is 2.10. The van der Waals surface area contributed by atoms with Gasteiger partial charge in [-0.3, -0.25) is 0 Å². The molecule has 0 atom stereocenters. The Labute approximate surface area is 126 Å². The van der Waals surface area contributed by atoms with Crippen LogP contribution in [0.3, 0.4) is 0 Å². The van der Waals surface area contributed by atoms with E-state index in [1.165, 1.54) is 5.56 Å². The summed E-state index contributed by atoms with van der Waals surface area (Å²) in [5, 5.41) is 18.6. The van der Waals surface area contributed by atoms with Crippen molar-refractivity contribution in [2.75, 3.05) is 0 Å². The molecule has 2 aromatic carbocycles. The molecule has 0 saturated heterocycles. The minimum Gasteiger partial charge on any atom is -0.508 e. The fraction of sp³-hybridized carbons (Fsp3) is 0.188. The zero-order valence-electron chi connectivity index (χ0n) is 10.7. The molecule has 1 N–H and O–H groups in total. The van der Waals surface area contributed by atoms with Gasteiger partial charge in [-0.1, -0.05) is 31.5 Å². The second-order valence-electron chi connectivity index (χ2n) is 4.41. The van der Waals surface area contributed by atoms with Gasteiger partial charge >= 0.3 is 0 Å². The number of benzene rings is 2. The lowest BCUT2D eigenvalue weighted by Crippen LogP contribution is -1.93. The highest BCUT2D eigenvalue weighted by molar-refractivity contribution is 14.1. The van der Waals surface area contributed by atoms with Crippen LogP contribution < -0.4 is 0 Å². The lowest BCUT2D eigenvalue weighted by atomic mass is 9.98. The largest absolute Gasteiger partial charge is 0.508 e. The second kappa shape index (κ2) is 6.07. The Hall–Kier alpha value is -1.54. The normalized spacial score (nSPS) is 10.2. The fourth-order valence-corrected chi connectivity index (χ4v) is 2.79. The maximum Gasteiger partial charge on any atom is 0.115 e. The fourth-order valence-electron chi connectivity index (χ4n) is 2.05. The van der Waals surface area contributed by atoms with Crippen LogP contribution in [0.5, 0.6) is 5.75 Å². The number of halogens is 1. The van der Waals surface area contributed by atoms with Crippen molar-refractivity contribution >= 4 is 22.6 Å². The summed E-state index contributed by atoms with van der Waals surface area (Å²) in [7, 11) is 0. The first-order chi connectivity index (χ1) is 9.15. The van der Waals surface area contributed by atoms with Gasteiger partial charge in [0.25, 0.3) is 0 Å². The summed E-state index contributed by atoms with van der Waals surface area (Å²) >= 11 is 2.21. The summed E-state index contributed by atoms with van der Waals surface area (Å²) < 4.78 is 0.964. The highest BCUT2D eigenvalue weighted by atomic mass is 127. The van der Waals surface area contributed by atoms with Crippen molar-refractivity contribution in [2.45, 2.75) is 19.8 Å². The van der Waals surface area contributed by atoms with E-state index in [2.05, 4.69) is 41.7 Å². The van der Waals surface area contributed by atoms with Gasteiger partial charge in [0.1, 0.15) is 11.8 Å². The molecule has 0 heterocycles. The molecule has 0 fully saturated rings. The van der Waals surface area contributed by atoms with Crippen molar-refractivity contribution in [3.05, 3.63) is 51.1 Å². The Bertz CT molecular complexity index is 626. The van der Waals surface area contributed by atoms with E-state index >= 15 is 0 Å². The molecular formula is C16H14INO. The van der Waals surface area contributed by atoms with Crippen molar-refractivity contribution < 1.29 is 5.11 Å². The minimum atomic E-state index is 0.254. The molecule has 2 rings (SSSR count). The van der Waals surface area contributed by atoms with Crippen molar-refractivity contribution in [1.29, 1.82) is 5.26 Å². The molecule has 2 aromatic rings. The van der Waals surface area contributed by atoms with Crippen LogP contribution in [-0.2, 0) is 6.42 Å². The van der Waals surface area contributed by atoms with Crippen LogP contribution >= 0.6 is 22.6 Å². The van der Waals surface area contributed by atoms with Crippen LogP contribution in [0, 0.1) is 14.9 Å². The first-order valence-electron chi connectivity index (χ1n) is 6.17. The van der Waals surface area contributed by atoms with Crippen molar-refractivity contribution in [3.8, 4) is 22.9 Å². The third-order valence-electron chi connectivity index (χ3n) is 2.97. The quantitative estimate of drug-likeness (QED) is 0.817. The molecule has 0 spiro atoms. The lowest BCUT2D eigenvalue weighted by molar-refractivity contribution is 0.475. The first-order valence-corrected chi connectivity index (χ1v) is 7.25. The number of rotatable bonds is 3. The van der Waals surface area contributed by atoms with E-state index in [1.807, 2.05) is 18.2 Å². The van der Waals surface area contributed by atoms with Gasteiger partial charge in [-0.2, -0.15) is 5.26 Å². The van der Waals surface area contributed by atoms with E-state index in [-0.39, 0.29) is 5.75 Å². The predicted molar refractivity (Wildman–Crippen MR) is 85.0 cm³/mol. The number of phenolic OH excluding ortho intramolecular Hbond substituents is 1. The van der Waals surface area contributed by atoms with Crippen LogP contribution in [0.25, 0.3) is 11.1 Å². The van der Waals surface area contributed by atoms with Crippen molar-refractivity contribution in [1.82, 2.24) is 0 Å². The average Bonchev–Trinajstić information content (AvgIpc) is 2.42. The van der Waals surface area contributed by atoms with Crippen molar-refractivity contribution in [3.63, 3.8) is 0 Å². The van der Waals surface area contributed by atoms with Gasteiger partial charge in [0.05, 0.1) is 5.56 Å². The third kappa shape index (κ3) is 3.07. The van der Waals surface area contributed by atoms with Gasteiger partial charge in [-0.25, -0.2) is 0 Å². The van der Waals surface area contributed by atoms with Crippen LogP contribution in [0.1, 0.15) is 24.5 Å². The smallest absolute Gasteiger partial charge is 0.115 e. The van der Waals surface area contributed by atoms with E-state index in [4.69, 9.17) is 0 Å². The summed E-state index contributed by atoms with van der Waals surface area (Å²) in [4.78, 5) is 0. The van der Waals surface area contributed by atoms with Gasteiger partial charge in [0, 0.05) is 3.57 Å². The summed E-state index contributed by atoms with van der Waals surface area (Å²) in [5.41, 5.74) is 3.98. The molecule has 0 saturated carbocycles. The molecule has 0 aromatic heterocycles. The van der Waals surface area contributed by atoms with E-state index in [9.17, 15) is 10.4 Å². The van der Waals surface area contributed by atoms with Crippen molar-refractivity contribution in [2.24, 2.45) is 0 Å². The molecule has 19 heavy (non-hydrogen) atoms. The zero-order chi connectivity index (χ0) is 13.8. The number of nitrogens with zero attached hydrogens (tertiary/aromatic N) is 1. The molecule has 2 nitrogen and oxygen atoms in total. The van der Waals surface area contributed by atoms with Gasteiger partial charge in [-0.15, -0.1) is 0 Å². The summed E-state index contributed by atoms with van der Waals surface area (Å²) in [6, 6.07) is 13.5. The number of aryl methyl sites for hydroxylation is 1. The summed E-state index contributed by atoms with van der Waals surface area (Å²) in [6.45, 7) is 2.13. The molecule has 0 aliphatic carbocycles. The molecule has 0 amide bonds. The van der Waals surface area contributed by atoms with Gasteiger partial charge in [0.2, 0.25) is 0 Å².